The van der Waals surface area contributed by atoms with Crippen LogP contribution in [0.5, 0.6) is 11.5 Å². The van der Waals surface area contributed by atoms with Crippen molar-refractivity contribution in [2.75, 3.05) is 0 Å². The van der Waals surface area contributed by atoms with Crippen molar-refractivity contribution in [3.8, 4) is 23.6 Å². The van der Waals surface area contributed by atoms with Gasteiger partial charge < -0.3 is 9.84 Å². The number of aromatic hydroxyl groups is 1. The summed E-state index contributed by atoms with van der Waals surface area (Å²) >= 11 is 5.93. The third-order valence-corrected chi connectivity index (χ3v) is 3.25. The third-order valence-electron chi connectivity index (χ3n) is 2.94. The van der Waals surface area contributed by atoms with Gasteiger partial charge in [-0.15, -0.1) is 0 Å². The number of phenolic OH excluding ortho intramolecular Hbond substituents is 1. The lowest BCUT2D eigenvalue weighted by Gasteiger charge is -2.08. The van der Waals surface area contributed by atoms with Gasteiger partial charge in [0.1, 0.15) is 18.1 Å². The molecule has 0 radical (unpaired) electrons. The van der Waals surface area contributed by atoms with Crippen LogP contribution in [0.2, 0.25) is 5.02 Å². The van der Waals surface area contributed by atoms with Crippen LogP contribution in [0, 0.1) is 22.7 Å². The van der Waals surface area contributed by atoms with E-state index in [2.05, 4.69) is 6.58 Å². The zero-order chi connectivity index (χ0) is 22.7. The monoisotopic (exact) mass is 412 g/mol. The van der Waals surface area contributed by atoms with Gasteiger partial charge in [-0.1, -0.05) is 64.1 Å². The maximum Gasteiger partial charge on any atom is 0.142 e. The smallest absolute Gasteiger partial charge is 0.142 e. The van der Waals surface area contributed by atoms with E-state index in [1.165, 1.54) is 12.1 Å². The number of hydrogen-bond donors (Lipinski definition) is 1. The molecule has 0 heterocycles. The number of nitriles is 2. The van der Waals surface area contributed by atoms with Crippen molar-refractivity contribution in [3.05, 3.63) is 82.9 Å². The molecular formula is C24H29ClN2O2. The molecule has 0 aliphatic heterocycles. The molecule has 0 spiro atoms. The molecule has 2 aromatic rings. The van der Waals surface area contributed by atoms with Crippen molar-refractivity contribution in [1.29, 1.82) is 10.5 Å². The largest absolute Gasteiger partial charge is 0.508 e. The van der Waals surface area contributed by atoms with Crippen molar-refractivity contribution in [1.82, 2.24) is 0 Å². The van der Waals surface area contributed by atoms with Gasteiger partial charge >= 0.3 is 0 Å². The summed E-state index contributed by atoms with van der Waals surface area (Å²) in [6.45, 7) is 13.5. The van der Waals surface area contributed by atoms with E-state index in [0.29, 0.717) is 28.5 Å². The van der Waals surface area contributed by atoms with Crippen LogP contribution in [0.1, 0.15) is 45.7 Å². The zero-order valence-corrected chi connectivity index (χ0v) is 18.5. The molecule has 0 fully saturated rings. The van der Waals surface area contributed by atoms with E-state index in [0.717, 1.165) is 5.56 Å². The maximum absolute atomic E-state index is 9.33. The number of hydrogen-bond acceptors (Lipinski definition) is 4. The second-order valence-corrected chi connectivity index (χ2v) is 5.32. The molecule has 2 rings (SSSR count). The summed E-state index contributed by atoms with van der Waals surface area (Å²) in [5.41, 5.74) is 2.22. The van der Waals surface area contributed by atoms with E-state index < -0.39 is 0 Å². The van der Waals surface area contributed by atoms with E-state index in [1.54, 1.807) is 37.3 Å². The highest BCUT2D eigenvalue weighted by atomic mass is 35.5. The number of allylic oxidation sites excluding steroid dienone is 3. The first-order valence-corrected chi connectivity index (χ1v) is 9.67. The summed E-state index contributed by atoms with van der Waals surface area (Å²) in [6, 6.07) is 15.6. The lowest BCUT2D eigenvalue weighted by atomic mass is 10.2. The number of benzene rings is 2. The van der Waals surface area contributed by atoms with Gasteiger partial charge in [-0.3, -0.25) is 0 Å². The Morgan fingerprint density at radius 2 is 1.69 bits per heavy atom. The van der Waals surface area contributed by atoms with Gasteiger partial charge in [0.2, 0.25) is 0 Å². The van der Waals surface area contributed by atoms with E-state index >= 15 is 0 Å². The molecule has 0 atom stereocenters. The Balaban J connectivity index is 0. The van der Waals surface area contributed by atoms with Crippen LogP contribution in [0.25, 0.3) is 0 Å². The van der Waals surface area contributed by atoms with Crippen LogP contribution < -0.4 is 4.74 Å². The molecule has 0 saturated carbocycles. The first-order valence-electron chi connectivity index (χ1n) is 9.30. The minimum Gasteiger partial charge on any atom is -0.508 e. The summed E-state index contributed by atoms with van der Waals surface area (Å²) in [7, 11) is 0. The molecule has 4 nitrogen and oxygen atoms in total. The van der Waals surface area contributed by atoms with Gasteiger partial charge in [0.25, 0.3) is 0 Å². The van der Waals surface area contributed by atoms with Crippen molar-refractivity contribution in [2.24, 2.45) is 0 Å². The molecular weight excluding hydrogens is 384 g/mol. The number of nitrogens with zero attached hydrogens (tertiary/aromatic N) is 2. The molecule has 0 aliphatic rings. The summed E-state index contributed by atoms with van der Waals surface area (Å²) in [5.74, 6) is 0.537. The van der Waals surface area contributed by atoms with Crippen LogP contribution in [-0.4, -0.2) is 5.11 Å². The number of halogens is 1. The van der Waals surface area contributed by atoms with Gasteiger partial charge in [-0.25, -0.2) is 0 Å². The van der Waals surface area contributed by atoms with Crippen LogP contribution >= 0.6 is 11.6 Å². The quantitative estimate of drug-likeness (QED) is 0.425. The summed E-state index contributed by atoms with van der Waals surface area (Å²) < 4.78 is 5.50. The van der Waals surface area contributed by atoms with Gasteiger partial charge in [0.05, 0.1) is 22.7 Å². The highest BCUT2D eigenvalue weighted by Crippen LogP contribution is 2.28. The number of phenols is 1. The second kappa shape index (κ2) is 18.2. The van der Waals surface area contributed by atoms with Crippen LogP contribution in [-0.2, 0) is 6.61 Å². The zero-order valence-electron chi connectivity index (χ0n) is 17.7. The summed E-state index contributed by atoms with van der Waals surface area (Å²) in [4.78, 5) is 0. The van der Waals surface area contributed by atoms with Gasteiger partial charge in [0, 0.05) is 11.6 Å². The van der Waals surface area contributed by atoms with Crippen molar-refractivity contribution < 1.29 is 9.84 Å². The standard InChI is InChI=1S/C14H10ClNO2.C6H7N.2C2H6/c15-13-6-5-12(17)7-14(13)18-9-11-3-1-10(8-16)2-4-11;1-3-4-6(2)5-7;2*1-2/h1-7,17H,9H2;3-4H,1H2,2H3;2*1-2H3/b;6-4+;;. The number of rotatable bonds is 4. The SMILES string of the molecule is C=C/C=C(\C)C#N.CC.CC.N#Cc1ccc(COc2cc(O)ccc2Cl)cc1. The molecule has 0 aromatic heterocycles. The molecule has 0 unspecified atom stereocenters. The fourth-order valence-corrected chi connectivity index (χ4v) is 1.83. The molecule has 0 saturated heterocycles. The van der Waals surface area contributed by atoms with Crippen molar-refractivity contribution in [3.63, 3.8) is 0 Å². The minimum atomic E-state index is 0.106. The second-order valence-electron chi connectivity index (χ2n) is 4.91. The molecule has 0 aliphatic carbocycles. The fourth-order valence-electron chi connectivity index (χ4n) is 1.65. The Bertz CT molecular complexity index is 829. The van der Waals surface area contributed by atoms with E-state index in [-0.39, 0.29) is 5.75 Å². The van der Waals surface area contributed by atoms with Crippen LogP contribution in [0.15, 0.2) is 66.8 Å². The Morgan fingerprint density at radius 1 is 1.10 bits per heavy atom. The first-order chi connectivity index (χ1) is 14.0. The Kier molecular flexibility index (Phi) is 17.5. The topological polar surface area (TPSA) is 77.0 Å². The summed E-state index contributed by atoms with van der Waals surface area (Å²) in [5, 5.41) is 26.6. The molecule has 29 heavy (non-hydrogen) atoms. The first kappa shape index (κ1) is 28.0. The maximum atomic E-state index is 9.33. The normalized spacial score (nSPS) is 8.90. The highest BCUT2D eigenvalue weighted by molar-refractivity contribution is 6.32. The van der Waals surface area contributed by atoms with Crippen molar-refractivity contribution in [2.45, 2.75) is 41.2 Å². The van der Waals surface area contributed by atoms with E-state index in [4.69, 9.17) is 26.9 Å². The minimum absolute atomic E-state index is 0.106. The Labute approximate surface area is 180 Å². The molecule has 0 amide bonds. The Morgan fingerprint density at radius 3 is 2.14 bits per heavy atom. The molecule has 5 heteroatoms. The third kappa shape index (κ3) is 12.7. The predicted octanol–water partition coefficient (Wildman–Crippen LogP) is 7.19. The average Bonchev–Trinajstić information content (AvgIpc) is 2.78. The van der Waals surface area contributed by atoms with Gasteiger partial charge in [-0.05, 0) is 42.8 Å². The molecule has 0 bridgehead atoms. The molecule has 2 aromatic carbocycles. The molecule has 1 N–H and O–H groups in total. The lowest BCUT2D eigenvalue weighted by Crippen LogP contribution is -1.95. The number of ether oxygens (including phenoxy) is 1. The van der Waals surface area contributed by atoms with Crippen LogP contribution in [0.3, 0.4) is 0 Å². The molecule has 154 valence electrons. The fraction of sp³-hybridized carbons (Fsp3) is 0.250. The van der Waals surface area contributed by atoms with Crippen LogP contribution in [0.4, 0.5) is 0 Å². The van der Waals surface area contributed by atoms with Gasteiger partial charge in [0.15, 0.2) is 0 Å². The summed E-state index contributed by atoms with van der Waals surface area (Å²) in [6.07, 6.45) is 3.26. The predicted molar refractivity (Wildman–Crippen MR) is 121 cm³/mol. The average molecular weight is 413 g/mol. The highest BCUT2D eigenvalue weighted by Gasteiger charge is 2.03. The lowest BCUT2D eigenvalue weighted by molar-refractivity contribution is 0.304. The Hall–Kier alpha value is -3.21. The van der Waals surface area contributed by atoms with E-state index in [1.807, 2.05) is 52.0 Å². The van der Waals surface area contributed by atoms with Gasteiger partial charge in [-0.2, -0.15) is 10.5 Å². The van der Waals surface area contributed by atoms with E-state index in [9.17, 15) is 5.11 Å². The van der Waals surface area contributed by atoms with Crippen molar-refractivity contribution >= 4 is 11.6 Å².